The van der Waals surface area contributed by atoms with Gasteiger partial charge in [0, 0.05) is 44.6 Å². The maximum Gasteiger partial charge on any atom is 0.226 e. The standard InChI is InChI=1S/C20H28N4O4/c1-4-27-16-9-8-15(14-17(16)26-3)20-21-18(28-22-20)6-5-7-19(25)24-12-10-23(2)11-13-24/h8-9,14H,4-7,10-13H2,1-3H3. The van der Waals surface area contributed by atoms with E-state index in [-0.39, 0.29) is 5.91 Å². The van der Waals surface area contributed by atoms with Crippen molar-refractivity contribution in [3.63, 3.8) is 0 Å². The summed E-state index contributed by atoms with van der Waals surface area (Å²) in [4.78, 5) is 20.9. The Balaban J connectivity index is 1.53. The first kappa shape index (κ1) is 20.1. The average molecular weight is 388 g/mol. The van der Waals surface area contributed by atoms with E-state index < -0.39 is 0 Å². The minimum Gasteiger partial charge on any atom is -0.493 e. The van der Waals surface area contributed by atoms with E-state index in [9.17, 15) is 4.79 Å². The molecule has 1 amide bonds. The fourth-order valence-corrected chi connectivity index (χ4v) is 3.16. The number of methoxy groups -OCH3 is 1. The van der Waals surface area contributed by atoms with Crippen molar-refractivity contribution in [3.05, 3.63) is 24.1 Å². The molecule has 0 atom stereocenters. The maximum atomic E-state index is 12.3. The molecule has 0 radical (unpaired) electrons. The van der Waals surface area contributed by atoms with Gasteiger partial charge in [0.05, 0.1) is 13.7 Å². The van der Waals surface area contributed by atoms with Gasteiger partial charge in [-0.2, -0.15) is 4.98 Å². The molecule has 3 rings (SSSR count). The molecule has 1 aliphatic heterocycles. The number of piperazine rings is 1. The molecule has 1 saturated heterocycles. The van der Waals surface area contributed by atoms with E-state index in [1.807, 2.05) is 30.0 Å². The second-order valence-corrected chi connectivity index (χ2v) is 6.85. The summed E-state index contributed by atoms with van der Waals surface area (Å²) in [5.74, 6) is 2.54. The number of aromatic nitrogens is 2. The summed E-state index contributed by atoms with van der Waals surface area (Å²) in [5.41, 5.74) is 0.795. The highest BCUT2D eigenvalue weighted by Crippen LogP contribution is 2.31. The lowest BCUT2D eigenvalue weighted by Crippen LogP contribution is -2.47. The molecule has 0 saturated carbocycles. The number of rotatable bonds is 8. The highest BCUT2D eigenvalue weighted by atomic mass is 16.5. The summed E-state index contributed by atoms with van der Waals surface area (Å²) in [6, 6.07) is 5.54. The van der Waals surface area contributed by atoms with Crippen LogP contribution in [0.4, 0.5) is 0 Å². The quantitative estimate of drug-likeness (QED) is 0.686. The van der Waals surface area contributed by atoms with E-state index in [0.29, 0.717) is 49.1 Å². The van der Waals surface area contributed by atoms with Crippen LogP contribution < -0.4 is 9.47 Å². The molecule has 0 bridgehead atoms. The third kappa shape index (κ3) is 5.01. The molecule has 0 N–H and O–H groups in total. The SMILES string of the molecule is CCOc1ccc(-c2noc(CCCC(=O)N3CCN(C)CC3)n2)cc1OC. The van der Waals surface area contributed by atoms with Gasteiger partial charge >= 0.3 is 0 Å². The van der Waals surface area contributed by atoms with Crippen LogP contribution in [0.1, 0.15) is 25.7 Å². The zero-order chi connectivity index (χ0) is 19.9. The Morgan fingerprint density at radius 1 is 1.21 bits per heavy atom. The molecule has 8 heteroatoms. The lowest BCUT2D eigenvalue weighted by atomic mass is 10.2. The largest absolute Gasteiger partial charge is 0.493 e. The van der Waals surface area contributed by atoms with Gasteiger partial charge in [0.2, 0.25) is 17.6 Å². The van der Waals surface area contributed by atoms with Gasteiger partial charge in [-0.25, -0.2) is 0 Å². The number of nitrogens with zero attached hydrogens (tertiary/aromatic N) is 4. The molecular weight excluding hydrogens is 360 g/mol. The molecule has 0 aliphatic carbocycles. The first-order chi connectivity index (χ1) is 13.6. The Morgan fingerprint density at radius 3 is 2.71 bits per heavy atom. The molecule has 1 fully saturated rings. The molecule has 1 aliphatic rings. The number of amides is 1. The van der Waals surface area contributed by atoms with Crippen LogP contribution in [-0.2, 0) is 11.2 Å². The summed E-state index contributed by atoms with van der Waals surface area (Å²) < 4.78 is 16.2. The van der Waals surface area contributed by atoms with Gasteiger partial charge in [0.25, 0.3) is 0 Å². The van der Waals surface area contributed by atoms with E-state index in [0.717, 1.165) is 31.7 Å². The average Bonchev–Trinajstić information content (AvgIpc) is 3.18. The van der Waals surface area contributed by atoms with Gasteiger partial charge in [-0.1, -0.05) is 5.16 Å². The normalized spacial score (nSPS) is 14.9. The lowest BCUT2D eigenvalue weighted by molar-refractivity contribution is -0.132. The van der Waals surface area contributed by atoms with Gasteiger partial charge in [-0.15, -0.1) is 0 Å². The van der Waals surface area contributed by atoms with Crippen molar-refractivity contribution in [2.24, 2.45) is 0 Å². The number of ether oxygens (including phenoxy) is 2. The molecule has 1 aromatic carbocycles. The summed E-state index contributed by atoms with van der Waals surface area (Å²) in [6.45, 7) is 5.97. The van der Waals surface area contributed by atoms with Crippen LogP contribution in [0.25, 0.3) is 11.4 Å². The highest BCUT2D eigenvalue weighted by Gasteiger charge is 2.19. The number of carbonyl (C=O) groups excluding carboxylic acids is 1. The second kappa shape index (κ2) is 9.54. The highest BCUT2D eigenvalue weighted by molar-refractivity contribution is 5.76. The first-order valence-electron chi connectivity index (χ1n) is 9.70. The van der Waals surface area contributed by atoms with Crippen molar-refractivity contribution in [3.8, 4) is 22.9 Å². The van der Waals surface area contributed by atoms with Crippen molar-refractivity contribution in [2.75, 3.05) is 46.9 Å². The summed E-state index contributed by atoms with van der Waals surface area (Å²) >= 11 is 0. The molecular formula is C20H28N4O4. The first-order valence-corrected chi connectivity index (χ1v) is 9.70. The smallest absolute Gasteiger partial charge is 0.226 e. The number of hydrogen-bond acceptors (Lipinski definition) is 7. The van der Waals surface area contributed by atoms with Crippen LogP contribution in [0.5, 0.6) is 11.5 Å². The minimum atomic E-state index is 0.198. The minimum absolute atomic E-state index is 0.198. The van der Waals surface area contributed by atoms with Crippen LogP contribution >= 0.6 is 0 Å². The van der Waals surface area contributed by atoms with Crippen molar-refractivity contribution in [1.29, 1.82) is 0 Å². The molecule has 0 unspecified atom stereocenters. The van der Waals surface area contributed by atoms with Gasteiger partial charge in [-0.05, 0) is 38.6 Å². The molecule has 2 aromatic rings. The monoisotopic (exact) mass is 388 g/mol. The van der Waals surface area contributed by atoms with E-state index in [1.165, 1.54) is 0 Å². The van der Waals surface area contributed by atoms with Crippen LogP contribution in [0, 0.1) is 0 Å². The van der Waals surface area contributed by atoms with Gasteiger partial charge in [-0.3, -0.25) is 4.79 Å². The Morgan fingerprint density at radius 2 is 2.00 bits per heavy atom. The number of hydrogen-bond donors (Lipinski definition) is 0. The molecule has 2 heterocycles. The van der Waals surface area contributed by atoms with E-state index in [1.54, 1.807) is 7.11 Å². The second-order valence-electron chi connectivity index (χ2n) is 6.85. The van der Waals surface area contributed by atoms with Gasteiger partial charge < -0.3 is 23.8 Å². The molecule has 28 heavy (non-hydrogen) atoms. The van der Waals surface area contributed by atoms with Crippen LogP contribution in [-0.4, -0.2) is 72.8 Å². The van der Waals surface area contributed by atoms with Gasteiger partial charge in [0.15, 0.2) is 11.5 Å². The number of aryl methyl sites for hydroxylation is 1. The van der Waals surface area contributed by atoms with E-state index in [2.05, 4.69) is 22.1 Å². The maximum absolute atomic E-state index is 12.3. The Kier molecular flexibility index (Phi) is 6.86. The van der Waals surface area contributed by atoms with E-state index in [4.69, 9.17) is 14.0 Å². The topological polar surface area (TPSA) is 80.9 Å². The summed E-state index contributed by atoms with van der Waals surface area (Å²) in [5, 5.41) is 4.05. The van der Waals surface area contributed by atoms with Crippen molar-refractivity contribution >= 4 is 5.91 Å². The van der Waals surface area contributed by atoms with Crippen molar-refractivity contribution in [2.45, 2.75) is 26.2 Å². The predicted molar refractivity (Wildman–Crippen MR) is 104 cm³/mol. The van der Waals surface area contributed by atoms with Crippen molar-refractivity contribution in [1.82, 2.24) is 19.9 Å². The number of benzene rings is 1. The van der Waals surface area contributed by atoms with Crippen LogP contribution in [0.3, 0.4) is 0 Å². The third-order valence-electron chi connectivity index (χ3n) is 4.83. The lowest BCUT2D eigenvalue weighted by Gasteiger charge is -2.32. The molecule has 8 nitrogen and oxygen atoms in total. The Bertz CT molecular complexity index is 784. The Labute approximate surface area is 165 Å². The third-order valence-corrected chi connectivity index (χ3v) is 4.83. The molecule has 1 aromatic heterocycles. The Hall–Kier alpha value is -2.61. The fourth-order valence-electron chi connectivity index (χ4n) is 3.16. The predicted octanol–water partition coefficient (Wildman–Crippen LogP) is 2.24. The fraction of sp³-hybridized carbons (Fsp3) is 0.550. The molecule has 152 valence electrons. The number of likely N-dealkylation sites (N-methyl/N-ethyl adjacent to an activating group) is 1. The van der Waals surface area contributed by atoms with Gasteiger partial charge in [0.1, 0.15) is 0 Å². The zero-order valence-corrected chi connectivity index (χ0v) is 16.8. The van der Waals surface area contributed by atoms with Crippen molar-refractivity contribution < 1.29 is 18.8 Å². The zero-order valence-electron chi connectivity index (χ0n) is 16.8. The molecule has 0 spiro atoms. The summed E-state index contributed by atoms with van der Waals surface area (Å²) in [7, 11) is 3.68. The van der Waals surface area contributed by atoms with Crippen LogP contribution in [0.2, 0.25) is 0 Å². The van der Waals surface area contributed by atoms with E-state index >= 15 is 0 Å². The summed E-state index contributed by atoms with van der Waals surface area (Å²) in [6.07, 6.45) is 1.78. The van der Waals surface area contributed by atoms with Crippen LogP contribution in [0.15, 0.2) is 22.7 Å². The number of carbonyl (C=O) groups is 1.